The summed E-state index contributed by atoms with van der Waals surface area (Å²) in [7, 11) is 0. The van der Waals surface area contributed by atoms with Gasteiger partial charge < -0.3 is 0 Å². The molecule has 4 aromatic carbocycles. The van der Waals surface area contributed by atoms with Crippen LogP contribution < -0.4 is 0 Å². The van der Waals surface area contributed by atoms with Gasteiger partial charge in [-0.25, -0.2) is 0 Å². The summed E-state index contributed by atoms with van der Waals surface area (Å²) in [6, 6.07) is 32.7. The summed E-state index contributed by atoms with van der Waals surface area (Å²) in [4.78, 5) is 28.8. The predicted molar refractivity (Wildman–Crippen MR) is 129 cm³/mol. The SMILES string of the molecule is CC(Cc1ccccc1)C(=O)N(C(=O)c1ccccc1)[C@@H](C)c1cccc2ccccc12. The van der Waals surface area contributed by atoms with E-state index in [4.69, 9.17) is 0 Å². The molecule has 2 atom stereocenters. The minimum Gasteiger partial charge on any atom is -0.274 e. The van der Waals surface area contributed by atoms with Crippen LogP contribution in [0.4, 0.5) is 0 Å². The highest BCUT2D eigenvalue weighted by molar-refractivity contribution is 6.06. The van der Waals surface area contributed by atoms with Crippen LogP contribution in [0.5, 0.6) is 0 Å². The van der Waals surface area contributed by atoms with Crippen molar-refractivity contribution < 1.29 is 9.59 Å². The first-order valence-corrected chi connectivity index (χ1v) is 11.0. The number of carbonyl (C=O) groups is 2. The molecule has 32 heavy (non-hydrogen) atoms. The molecule has 4 rings (SSSR count). The number of benzene rings is 4. The van der Waals surface area contributed by atoms with Crippen molar-refractivity contribution in [2.45, 2.75) is 26.3 Å². The first-order valence-electron chi connectivity index (χ1n) is 11.0. The molecule has 1 unspecified atom stereocenters. The Bertz CT molecular complexity index is 1210. The van der Waals surface area contributed by atoms with Crippen molar-refractivity contribution in [1.82, 2.24) is 4.90 Å². The van der Waals surface area contributed by atoms with Crippen molar-refractivity contribution in [3.05, 3.63) is 120 Å². The number of hydrogen-bond acceptors (Lipinski definition) is 2. The molecule has 0 N–H and O–H groups in total. The van der Waals surface area contributed by atoms with Gasteiger partial charge in [0.25, 0.3) is 5.91 Å². The third-order valence-corrected chi connectivity index (χ3v) is 5.94. The summed E-state index contributed by atoms with van der Waals surface area (Å²) in [6.07, 6.45) is 0.584. The summed E-state index contributed by atoms with van der Waals surface area (Å²) in [5.41, 5.74) is 2.56. The average Bonchev–Trinajstić information content (AvgIpc) is 2.84. The molecule has 0 radical (unpaired) electrons. The fourth-order valence-corrected chi connectivity index (χ4v) is 4.23. The normalized spacial score (nSPS) is 12.8. The quantitative estimate of drug-likeness (QED) is 0.359. The van der Waals surface area contributed by atoms with Crippen LogP contribution in [-0.4, -0.2) is 16.7 Å². The molecule has 0 heterocycles. The van der Waals surface area contributed by atoms with Crippen molar-refractivity contribution in [1.29, 1.82) is 0 Å². The van der Waals surface area contributed by atoms with Crippen LogP contribution in [0.2, 0.25) is 0 Å². The molecule has 0 aliphatic rings. The lowest BCUT2D eigenvalue weighted by atomic mass is 9.95. The summed E-state index contributed by atoms with van der Waals surface area (Å²) >= 11 is 0. The van der Waals surface area contributed by atoms with E-state index in [0.29, 0.717) is 12.0 Å². The van der Waals surface area contributed by atoms with Crippen LogP contribution in [0.15, 0.2) is 103 Å². The maximum atomic E-state index is 13.7. The van der Waals surface area contributed by atoms with Gasteiger partial charge in [0.05, 0.1) is 6.04 Å². The number of nitrogens with zero attached hydrogens (tertiary/aromatic N) is 1. The molecule has 3 heteroatoms. The minimum atomic E-state index is -0.403. The number of rotatable bonds is 6. The van der Waals surface area contributed by atoms with Gasteiger partial charge in [-0.05, 0) is 47.4 Å². The van der Waals surface area contributed by atoms with Crippen LogP contribution >= 0.6 is 0 Å². The number of amides is 2. The van der Waals surface area contributed by atoms with E-state index in [1.807, 2.05) is 92.7 Å². The lowest BCUT2D eigenvalue weighted by Crippen LogP contribution is -2.42. The molecule has 2 amide bonds. The maximum absolute atomic E-state index is 13.7. The Morgan fingerprint density at radius 2 is 1.31 bits per heavy atom. The lowest BCUT2D eigenvalue weighted by molar-refractivity contribution is -0.134. The van der Waals surface area contributed by atoms with Gasteiger partial charge in [0, 0.05) is 11.5 Å². The van der Waals surface area contributed by atoms with E-state index in [1.54, 1.807) is 12.1 Å². The molecule has 0 bridgehead atoms. The maximum Gasteiger partial charge on any atom is 0.261 e. The highest BCUT2D eigenvalue weighted by Gasteiger charge is 2.32. The van der Waals surface area contributed by atoms with Gasteiger partial charge in [-0.15, -0.1) is 0 Å². The molecule has 0 aromatic heterocycles. The first-order chi connectivity index (χ1) is 15.6. The Hall–Kier alpha value is -3.72. The summed E-state index contributed by atoms with van der Waals surface area (Å²) in [6.45, 7) is 3.84. The fraction of sp³-hybridized carbons (Fsp3) is 0.172. The second kappa shape index (κ2) is 9.61. The van der Waals surface area contributed by atoms with E-state index in [9.17, 15) is 9.59 Å². The molecule has 4 aromatic rings. The number of fused-ring (bicyclic) bond motifs is 1. The van der Waals surface area contributed by atoms with E-state index < -0.39 is 6.04 Å². The second-order valence-corrected chi connectivity index (χ2v) is 8.21. The van der Waals surface area contributed by atoms with Crippen molar-refractivity contribution in [3.63, 3.8) is 0 Å². The van der Waals surface area contributed by atoms with Gasteiger partial charge >= 0.3 is 0 Å². The smallest absolute Gasteiger partial charge is 0.261 e. The van der Waals surface area contributed by atoms with Crippen LogP contribution in [0, 0.1) is 5.92 Å². The number of hydrogen-bond donors (Lipinski definition) is 0. The zero-order chi connectivity index (χ0) is 22.5. The van der Waals surface area contributed by atoms with Gasteiger partial charge in [-0.3, -0.25) is 14.5 Å². The van der Waals surface area contributed by atoms with Crippen LogP contribution in [0.1, 0.15) is 41.4 Å². The van der Waals surface area contributed by atoms with E-state index in [0.717, 1.165) is 21.9 Å². The van der Waals surface area contributed by atoms with Crippen LogP contribution in [-0.2, 0) is 11.2 Å². The van der Waals surface area contributed by atoms with Crippen molar-refractivity contribution in [2.75, 3.05) is 0 Å². The predicted octanol–water partition coefficient (Wildman–Crippen LogP) is 6.45. The van der Waals surface area contributed by atoms with E-state index >= 15 is 0 Å². The molecule has 0 saturated heterocycles. The van der Waals surface area contributed by atoms with Gasteiger partial charge in [-0.1, -0.05) is 97.9 Å². The monoisotopic (exact) mass is 421 g/mol. The largest absolute Gasteiger partial charge is 0.274 e. The van der Waals surface area contributed by atoms with Crippen molar-refractivity contribution in [3.8, 4) is 0 Å². The minimum absolute atomic E-state index is 0.164. The Kier molecular flexibility index (Phi) is 6.46. The van der Waals surface area contributed by atoms with Gasteiger partial charge in [-0.2, -0.15) is 0 Å². The second-order valence-electron chi connectivity index (χ2n) is 8.21. The van der Waals surface area contributed by atoms with Crippen molar-refractivity contribution >= 4 is 22.6 Å². The molecule has 0 saturated carbocycles. The molecule has 3 nitrogen and oxygen atoms in total. The molecular weight excluding hydrogens is 394 g/mol. The van der Waals surface area contributed by atoms with Crippen LogP contribution in [0.3, 0.4) is 0 Å². The van der Waals surface area contributed by atoms with E-state index in [-0.39, 0.29) is 17.7 Å². The molecular formula is C29H27NO2. The fourth-order valence-electron chi connectivity index (χ4n) is 4.23. The average molecular weight is 422 g/mol. The van der Waals surface area contributed by atoms with Crippen molar-refractivity contribution in [2.24, 2.45) is 5.92 Å². The van der Waals surface area contributed by atoms with E-state index in [1.165, 1.54) is 4.90 Å². The molecule has 0 fully saturated rings. The summed E-state index contributed by atoms with van der Waals surface area (Å²) < 4.78 is 0. The highest BCUT2D eigenvalue weighted by Crippen LogP contribution is 2.31. The zero-order valence-corrected chi connectivity index (χ0v) is 18.4. The Morgan fingerprint density at radius 1 is 0.719 bits per heavy atom. The lowest BCUT2D eigenvalue weighted by Gasteiger charge is -2.31. The highest BCUT2D eigenvalue weighted by atomic mass is 16.2. The van der Waals surface area contributed by atoms with Crippen LogP contribution in [0.25, 0.3) is 10.8 Å². The standard InChI is InChI=1S/C29H27NO2/c1-21(20-23-12-5-3-6-13-23)28(31)30(29(32)25-15-7-4-8-16-25)22(2)26-19-11-17-24-14-9-10-18-27(24)26/h3-19,21-22H,20H2,1-2H3/t21?,22-/m0/s1. The third-order valence-electron chi connectivity index (χ3n) is 5.94. The number of imide groups is 1. The summed E-state index contributed by atoms with van der Waals surface area (Å²) in [5, 5.41) is 2.14. The Balaban J connectivity index is 1.73. The Morgan fingerprint density at radius 3 is 2.03 bits per heavy atom. The van der Waals surface area contributed by atoms with E-state index in [2.05, 4.69) is 12.1 Å². The molecule has 0 spiro atoms. The molecule has 160 valence electrons. The van der Waals surface area contributed by atoms with Gasteiger partial charge in [0.2, 0.25) is 5.91 Å². The number of carbonyl (C=O) groups excluding carboxylic acids is 2. The third kappa shape index (κ3) is 4.47. The van der Waals surface area contributed by atoms with Gasteiger partial charge in [0.15, 0.2) is 0 Å². The summed E-state index contributed by atoms with van der Waals surface area (Å²) in [5.74, 6) is -0.762. The zero-order valence-electron chi connectivity index (χ0n) is 18.4. The Labute approximate surface area is 189 Å². The topological polar surface area (TPSA) is 37.4 Å². The molecule has 0 aliphatic carbocycles. The van der Waals surface area contributed by atoms with Gasteiger partial charge in [0.1, 0.15) is 0 Å². The first kappa shape index (κ1) is 21.5. The molecule has 0 aliphatic heterocycles.